The molecule has 1 unspecified atom stereocenters. The van der Waals surface area contributed by atoms with Crippen LogP contribution in [0.5, 0.6) is 0 Å². The Kier molecular flexibility index (Phi) is 3.76. The van der Waals surface area contributed by atoms with Crippen LogP contribution in [0.15, 0.2) is 18.2 Å². The number of carbonyl (C=O) groups excluding carboxylic acids is 1. The topological polar surface area (TPSA) is 65.4 Å². The molecule has 1 saturated carbocycles. The Labute approximate surface area is 122 Å². The molecule has 2 aliphatic rings. The Morgan fingerprint density at radius 3 is 2.95 bits per heavy atom. The molecule has 0 aromatic heterocycles. The number of nitriles is 1. The van der Waals surface area contributed by atoms with Gasteiger partial charge in [-0.1, -0.05) is 0 Å². The van der Waals surface area contributed by atoms with Crippen LogP contribution in [0.2, 0.25) is 0 Å². The van der Waals surface area contributed by atoms with Crippen molar-refractivity contribution in [3.63, 3.8) is 0 Å². The zero-order valence-electron chi connectivity index (χ0n) is 11.5. The summed E-state index contributed by atoms with van der Waals surface area (Å²) in [5, 5.41) is 11.7. The number of carbonyl (C=O) groups is 1. The van der Waals surface area contributed by atoms with Crippen molar-refractivity contribution in [2.24, 2.45) is 0 Å². The van der Waals surface area contributed by atoms with E-state index in [9.17, 15) is 9.18 Å². The number of amides is 1. The fourth-order valence-corrected chi connectivity index (χ4v) is 2.44. The summed E-state index contributed by atoms with van der Waals surface area (Å²) >= 11 is 0. The Balaban J connectivity index is 1.83. The summed E-state index contributed by atoms with van der Waals surface area (Å²) < 4.78 is 19.5. The third-order valence-electron chi connectivity index (χ3n) is 3.74. The van der Waals surface area contributed by atoms with E-state index in [2.05, 4.69) is 5.32 Å². The van der Waals surface area contributed by atoms with Gasteiger partial charge in [0.05, 0.1) is 30.5 Å². The second-order valence-corrected chi connectivity index (χ2v) is 5.34. The van der Waals surface area contributed by atoms with Crippen LogP contribution in [0, 0.1) is 17.1 Å². The highest BCUT2D eigenvalue weighted by molar-refractivity contribution is 5.86. The van der Waals surface area contributed by atoms with Gasteiger partial charge in [0.1, 0.15) is 11.9 Å². The van der Waals surface area contributed by atoms with Gasteiger partial charge in [0.2, 0.25) is 5.91 Å². The number of morpholine rings is 1. The van der Waals surface area contributed by atoms with Crippen molar-refractivity contribution in [1.82, 2.24) is 5.32 Å². The van der Waals surface area contributed by atoms with Crippen molar-refractivity contribution >= 4 is 11.6 Å². The van der Waals surface area contributed by atoms with Gasteiger partial charge in [0, 0.05) is 12.6 Å². The molecule has 1 aliphatic carbocycles. The van der Waals surface area contributed by atoms with Crippen LogP contribution in [0.3, 0.4) is 0 Å². The first-order valence-electron chi connectivity index (χ1n) is 7.03. The molecule has 2 fully saturated rings. The standard InChI is InChI=1S/C15H16FN3O2/c16-12-7-10(8-17)1-4-13(12)19-5-6-21-9-14(19)15(20)18-11-2-3-11/h1,4,7,11,14H,2-3,5-6,9H2,(H,18,20). The van der Waals surface area contributed by atoms with E-state index in [4.69, 9.17) is 10.00 Å². The van der Waals surface area contributed by atoms with Crippen LogP contribution >= 0.6 is 0 Å². The van der Waals surface area contributed by atoms with E-state index < -0.39 is 11.9 Å². The van der Waals surface area contributed by atoms with Crippen molar-refractivity contribution in [2.45, 2.75) is 24.9 Å². The van der Waals surface area contributed by atoms with Crippen molar-refractivity contribution in [1.29, 1.82) is 5.26 Å². The SMILES string of the molecule is N#Cc1ccc(N2CCOCC2C(=O)NC2CC2)c(F)c1. The summed E-state index contributed by atoms with van der Waals surface area (Å²) in [6, 6.07) is 5.94. The summed E-state index contributed by atoms with van der Waals surface area (Å²) in [6.45, 7) is 1.15. The minimum absolute atomic E-state index is 0.124. The summed E-state index contributed by atoms with van der Waals surface area (Å²) in [5.41, 5.74) is 0.608. The van der Waals surface area contributed by atoms with Crippen molar-refractivity contribution in [3.05, 3.63) is 29.6 Å². The first-order valence-corrected chi connectivity index (χ1v) is 7.03. The molecule has 1 amide bonds. The lowest BCUT2D eigenvalue weighted by Gasteiger charge is -2.36. The number of rotatable bonds is 3. The fraction of sp³-hybridized carbons (Fsp3) is 0.467. The second kappa shape index (κ2) is 5.70. The highest BCUT2D eigenvalue weighted by Crippen LogP contribution is 2.25. The van der Waals surface area contributed by atoms with Gasteiger partial charge in [0.15, 0.2) is 0 Å². The van der Waals surface area contributed by atoms with Gasteiger partial charge < -0.3 is 15.0 Å². The largest absolute Gasteiger partial charge is 0.377 e. The quantitative estimate of drug-likeness (QED) is 0.907. The highest BCUT2D eigenvalue weighted by Gasteiger charge is 2.34. The minimum atomic E-state index is -0.526. The number of hydrogen-bond donors (Lipinski definition) is 1. The van der Waals surface area contributed by atoms with Crippen LogP contribution in [0.4, 0.5) is 10.1 Å². The lowest BCUT2D eigenvalue weighted by Crippen LogP contribution is -2.54. The number of ether oxygens (including phenoxy) is 1. The van der Waals surface area contributed by atoms with Crippen LogP contribution in [-0.2, 0) is 9.53 Å². The summed E-state index contributed by atoms with van der Waals surface area (Å²) in [7, 11) is 0. The minimum Gasteiger partial charge on any atom is -0.377 e. The maximum Gasteiger partial charge on any atom is 0.245 e. The molecule has 0 spiro atoms. The summed E-state index contributed by atoms with van der Waals surface area (Å²) in [5.74, 6) is -0.610. The first kappa shape index (κ1) is 13.8. The molecular formula is C15H16FN3O2. The molecule has 110 valence electrons. The van der Waals surface area contributed by atoms with Gasteiger partial charge >= 0.3 is 0 Å². The molecule has 1 aromatic carbocycles. The monoisotopic (exact) mass is 289 g/mol. The molecule has 6 heteroatoms. The average molecular weight is 289 g/mol. The van der Waals surface area contributed by atoms with Gasteiger partial charge in [0.25, 0.3) is 0 Å². The van der Waals surface area contributed by atoms with E-state index in [0.29, 0.717) is 18.8 Å². The van der Waals surface area contributed by atoms with Gasteiger partial charge in [-0.25, -0.2) is 4.39 Å². The molecule has 1 saturated heterocycles. The molecule has 0 bridgehead atoms. The molecule has 5 nitrogen and oxygen atoms in total. The molecule has 1 N–H and O–H groups in total. The molecule has 1 heterocycles. The summed E-state index contributed by atoms with van der Waals surface area (Å²) in [6.07, 6.45) is 2.01. The van der Waals surface area contributed by atoms with Crippen LogP contribution in [-0.4, -0.2) is 37.7 Å². The summed E-state index contributed by atoms with van der Waals surface area (Å²) in [4.78, 5) is 14.0. The average Bonchev–Trinajstić information content (AvgIpc) is 3.31. The second-order valence-electron chi connectivity index (χ2n) is 5.34. The Morgan fingerprint density at radius 2 is 2.29 bits per heavy atom. The molecule has 1 aliphatic heterocycles. The van der Waals surface area contributed by atoms with E-state index in [1.54, 1.807) is 17.0 Å². The van der Waals surface area contributed by atoms with E-state index in [1.807, 2.05) is 6.07 Å². The molecule has 1 aromatic rings. The zero-order valence-corrected chi connectivity index (χ0v) is 11.5. The van der Waals surface area contributed by atoms with Crippen molar-refractivity contribution < 1.29 is 13.9 Å². The number of hydrogen-bond acceptors (Lipinski definition) is 4. The number of halogens is 1. The van der Waals surface area contributed by atoms with Gasteiger partial charge in [-0.05, 0) is 31.0 Å². The predicted octanol–water partition coefficient (Wildman–Crippen LogP) is 1.18. The lowest BCUT2D eigenvalue weighted by atomic mass is 10.1. The number of nitrogens with zero attached hydrogens (tertiary/aromatic N) is 2. The van der Waals surface area contributed by atoms with E-state index in [1.165, 1.54) is 6.07 Å². The van der Waals surface area contributed by atoms with E-state index >= 15 is 0 Å². The van der Waals surface area contributed by atoms with Gasteiger partial charge in [-0.2, -0.15) is 5.26 Å². The maximum atomic E-state index is 14.2. The third-order valence-corrected chi connectivity index (χ3v) is 3.74. The number of anilines is 1. The Bertz CT molecular complexity index is 595. The fourth-order valence-electron chi connectivity index (χ4n) is 2.44. The van der Waals surface area contributed by atoms with Gasteiger partial charge in [-0.3, -0.25) is 4.79 Å². The number of nitrogens with one attached hydrogen (secondary N) is 1. The number of benzene rings is 1. The van der Waals surface area contributed by atoms with E-state index in [0.717, 1.165) is 12.8 Å². The maximum absolute atomic E-state index is 14.2. The van der Waals surface area contributed by atoms with Crippen molar-refractivity contribution in [3.8, 4) is 6.07 Å². The third kappa shape index (κ3) is 2.98. The Morgan fingerprint density at radius 1 is 1.48 bits per heavy atom. The van der Waals surface area contributed by atoms with Crippen LogP contribution < -0.4 is 10.2 Å². The van der Waals surface area contributed by atoms with E-state index in [-0.39, 0.29) is 24.1 Å². The highest BCUT2D eigenvalue weighted by atomic mass is 19.1. The van der Waals surface area contributed by atoms with Gasteiger partial charge in [-0.15, -0.1) is 0 Å². The molecule has 3 rings (SSSR count). The molecule has 21 heavy (non-hydrogen) atoms. The lowest BCUT2D eigenvalue weighted by molar-refractivity contribution is -0.124. The van der Waals surface area contributed by atoms with Crippen LogP contribution in [0.25, 0.3) is 0 Å². The van der Waals surface area contributed by atoms with Crippen molar-refractivity contribution in [2.75, 3.05) is 24.7 Å². The first-order chi connectivity index (χ1) is 10.2. The predicted molar refractivity (Wildman–Crippen MR) is 74.2 cm³/mol. The zero-order chi connectivity index (χ0) is 14.8. The Hall–Kier alpha value is -2.13. The molecule has 0 radical (unpaired) electrons. The molecular weight excluding hydrogens is 273 g/mol. The normalized spacial score (nSPS) is 21.7. The smallest absolute Gasteiger partial charge is 0.245 e. The van der Waals surface area contributed by atoms with Crippen LogP contribution in [0.1, 0.15) is 18.4 Å². The molecule has 1 atom stereocenters.